The number of aryl methyl sites for hydroxylation is 1. The summed E-state index contributed by atoms with van der Waals surface area (Å²) in [5.74, 6) is 1.32. The zero-order valence-corrected chi connectivity index (χ0v) is 21.0. The van der Waals surface area contributed by atoms with Crippen LogP contribution < -0.4 is 10.1 Å². The van der Waals surface area contributed by atoms with Gasteiger partial charge in [0.25, 0.3) is 5.89 Å². The first-order chi connectivity index (χ1) is 17.5. The highest BCUT2D eigenvalue weighted by molar-refractivity contribution is 7.80. The molecule has 1 aliphatic rings. The van der Waals surface area contributed by atoms with Gasteiger partial charge in [0, 0.05) is 11.3 Å². The number of rotatable bonds is 6. The lowest BCUT2D eigenvalue weighted by Gasteiger charge is -2.37. The maximum Gasteiger partial charge on any atom is 0.258 e. The first-order valence-electron chi connectivity index (χ1n) is 11.6. The van der Waals surface area contributed by atoms with E-state index in [1.807, 2.05) is 60.4 Å². The molecule has 0 saturated heterocycles. The molecule has 2 N–H and O–H groups in total. The Labute approximate surface area is 215 Å². The van der Waals surface area contributed by atoms with Crippen LogP contribution in [0.3, 0.4) is 0 Å². The zero-order chi connectivity index (χ0) is 25.2. The number of thiocarbonyl (C=S) groups is 1. The molecule has 2 heterocycles. The van der Waals surface area contributed by atoms with Crippen LogP contribution in [0.25, 0.3) is 17.0 Å². The van der Waals surface area contributed by atoms with Gasteiger partial charge in [0.05, 0.1) is 25.3 Å². The molecule has 0 radical (unpaired) electrons. The third-order valence-electron chi connectivity index (χ3n) is 6.41. The molecule has 1 atom stereocenters. The Morgan fingerprint density at radius 2 is 1.81 bits per heavy atom. The number of phenols is 1. The van der Waals surface area contributed by atoms with E-state index in [4.69, 9.17) is 26.5 Å². The SMILES string of the molecule is COc1ccc(C2NC(=S)N(Cc3ccccc3C)C(C)=C2c2nc(-c3ccccc3)no2)cc1O. The second-order valence-corrected chi connectivity index (χ2v) is 9.00. The fourth-order valence-corrected chi connectivity index (χ4v) is 4.70. The number of phenolic OH excluding ortho intramolecular Hbond substituents is 1. The molecule has 0 spiro atoms. The van der Waals surface area contributed by atoms with Crippen molar-refractivity contribution in [1.82, 2.24) is 20.4 Å². The Hall–Kier alpha value is -4.17. The van der Waals surface area contributed by atoms with Gasteiger partial charge in [-0.1, -0.05) is 65.8 Å². The number of nitrogens with zero attached hydrogens (tertiary/aromatic N) is 3. The van der Waals surface area contributed by atoms with Gasteiger partial charge >= 0.3 is 0 Å². The molecule has 7 nitrogen and oxygen atoms in total. The van der Waals surface area contributed by atoms with Crippen molar-refractivity contribution in [3.05, 3.63) is 101 Å². The Morgan fingerprint density at radius 1 is 1.06 bits per heavy atom. The monoisotopic (exact) mass is 498 g/mol. The van der Waals surface area contributed by atoms with Crippen LogP contribution in [-0.2, 0) is 6.54 Å². The number of aromatic hydroxyl groups is 1. The van der Waals surface area contributed by atoms with E-state index in [2.05, 4.69) is 29.5 Å². The van der Waals surface area contributed by atoms with Crippen LogP contribution in [0.15, 0.2) is 83.0 Å². The Bertz CT molecular complexity index is 1450. The quantitative estimate of drug-likeness (QED) is 0.331. The summed E-state index contributed by atoms with van der Waals surface area (Å²) in [5, 5.41) is 18.7. The molecule has 0 fully saturated rings. The number of ether oxygens (including phenoxy) is 1. The minimum Gasteiger partial charge on any atom is -0.504 e. The predicted molar refractivity (Wildman–Crippen MR) is 142 cm³/mol. The highest BCUT2D eigenvalue weighted by Crippen LogP contribution is 2.40. The van der Waals surface area contributed by atoms with E-state index in [1.54, 1.807) is 12.1 Å². The number of aromatic nitrogens is 2. The molecule has 0 saturated carbocycles. The standard InChI is InChI=1S/C28H26N4O3S/c1-17-9-7-8-12-21(17)16-32-18(2)24(27-30-26(31-35-27)19-10-5-4-6-11-19)25(29-28(32)36)20-13-14-23(34-3)22(33)15-20/h4-15,25,33H,16H2,1-3H3,(H,29,36). The summed E-state index contributed by atoms with van der Waals surface area (Å²) in [4.78, 5) is 6.78. The van der Waals surface area contributed by atoms with E-state index < -0.39 is 6.04 Å². The van der Waals surface area contributed by atoms with Crippen molar-refractivity contribution in [3.8, 4) is 22.9 Å². The number of benzene rings is 3. The summed E-state index contributed by atoms with van der Waals surface area (Å²) in [5.41, 5.74) is 5.68. The first kappa shape index (κ1) is 23.6. The molecule has 0 amide bonds. The third kappa shape index (κ3) is 4.43. The summed E-state index contributed by atoms with van der Waals surface area (Å²) in [6, 6.07) is 22.8. The second kappa shape index (κ2) is 9.83. The molecule has 1 aromatic heterocycles. The van der Waals surface area contributed by atoms with Crippen LogP contribution in [0, 0.1) is 6.92 Å². The van der Waals surface area contributed by atoms with E-state index in [1.165, 1.54) is 12.7 Å². The molecule has 1 aliphatic heterocycles. The Kier molecular flexibility index (Phi) is 6.43. The van der Waals surface area contributed by atoms with Crippen LogP contribution >= 0.6 is 12.2 Å². The average Bonchev–Trinajstić information content (AvgIpc) is 3.37. The molecule has 1 unspecified atom stereocenters. The van der Waals surface area contributed by atoms with Crippen molar-refractivity contribution >= 4 is 22.9 Å². The molecule has 5 rings (SSSR count). The van der Waals surface area contributed by atoms with Gasteiger partial charge in [-0.15, -0.1) is 0 Å². The number of allylic oxidation sites excluding steroid dienone is 1. The van der Waals surface area contributed by atoms with Crippen molar-refractivity contribution in [2.24, 2.45) is 0 Å². The summed E-state index contributed by atoms with van der Waals surface area (Å²) < 4.78 is 11.0. The fraction of sp³-hybridized carbons (Fsp3) is 0.179. The highest BCUT2D eigenvalue weighted by Gasteiger charge is 2.34. The van der Waals surface area contributed by atoms with E-state index in [9.17, 15) is 5.11 Å². The number of hydrogen-bond acceptors (Lipinski definition) is 6. The van der Waals surface area contributed by atoms with Crippen molar-refractivity contribution in [2.45, 2.75) is 26.4 Å². The molecule has 3 aromatic carbocycles. The summed E-state index contributed by atoms with van der Waals surface area (Å²) in [7, 11) is 1.52. The van der Waals surface area contributed by atoms with Crippen LogP contribution in [0.1, 0.15) is 35.5 Å². The summed E-state index contributed by atoms with van der Waals surface area (Å²) in [6.07, 6.45) is 0. The number of nitrogens with one attached hydrogen (secondary N) is 1. The van der Waals surface area contributed by atoms with Gasteiger partial charge in [-0.2, -0.15) is 4.98 Å². The minimum absolute atomic E-state index is 0.0394. The average molecular weight is 499 g/mol. The second-order valence-electron chi connectivity index (χ2n) is 8.61. The molecule has 0 bridgehead atoms. The van der Waals surface area contributed by atoms with Crippen LogP contribution in [0.5, 0.6) is 11.5 Å². The number of methoxy groups -OCH3 is 1. The van der Waals surface area contributed by atoms with E-state index >= 15 is 0 Å². The van der Waals surface area contributed by atoms with Crippen LogP contribution in [0.2, 0.25) is 0 Å². The highest BCUT2D eigenvalue weighted by atomic mass is 32.1. The molecule has 8 heteroatoms. The maximum absolute atomic E-state index is 10.5. The Balaban J connectivity index is 1.62. The van der Waals surface area contributed by atoms with Crippen LogP contribution in [0.4, 0.5) is 0 Å². The molecule has 182 valence electrons. The van der Waals surface area contributed by atoms with Gasteiger partial charge in [0.15, 0.2) is 16.6 Å². The molecule has 4 aromatic rings. The smallest absolute Gasteiger partial charge is 0.258 e. The maximum atomic E-state index is 10.5. The van der Waals surface area contributed by atoms with Gasteiger partial charge in [0.1, 0.15) is 0 Å². The Morgan fingerprint density at radius 3 is 2.53 bits per heavy atom. The van der Waals surface area contributed by atoms with E-state index in [0.29, 0.717) is 29.1 Å². The van der Waals surface area contributed by atoms with Crippen molar-refractivity contribution in [3.63, 3.8) is 0 Å². The minimum atomic E-state index is -0.411. The lowest BCUT2D eigenvalue weighted by Crippen LogP contribution is -2.45. The van der Waals surface area contributed by atoms with Gasteiger partial charge in [-0.05, 0) is 54.9 Å². The van der Waals surface area contributed by atoms with Gasteiger partial charge in [-0.25, -0.2) is 0 Å². The largest absolute Gasteiger partial charge is 0.504 e. The van der Waals surface area contributed by atoms with E-state index in [-0.39, 0.29) is 5.75 Å². The normalized spacial score (nSPS) is 15.7. The fourth-order valence-electron chi connectivity index (χ4n) is 4.38. The topological polar surface area (TPSA) is 83.7 Å². The molecular formula is C28H26N4O3S. The lowest BCUT2D eigenvalue weighted by molar-refractivity contribution is 0.372. The first-order valence-corrected chi connectivity index (χ1v) is 12.0. The van der Waals surface area contributed by atoms with Crippen LogP contribution in [-0.4, -0.2) is 32.4 Å². The van der Waals surface area contributed by atoms with Crippen molar-refractivity contribution in [1.29, 1.82) is 0 Å². The third-order valence-corrected chi connectivity index (χ3v) is 6.75. The van der Waals surface area contributed by atoms with Crippen molar-refractivity contribution in [2.75, 3.05) is 7.11 Å². The zero-order valence-electron chi connectivity index (χ0n) is 20.2. The van der Waals surface area contributed by atoms with Crippen molar-refractivity contribution < 1.29 is 14.4 Å². The van der Waals surface area contributed by atoms with Gasteiger partial charge in [0.2, 0.25) is 5.82 Å². The van der Waals surface area contributed by atoms with Gasteiger partial charge < -0.3 is 24.6 Å². The molecular weight excluding hydrogens is 472 g/mol. The predicted octanol–water partition coefficient (Wildman–Crippen LogP) is 5.62. The lowest BCUT2D eigenvalue weighted by atomic mass is 9.94. The van der Waals surface area contributed by atoms with E-state index in [0.717, 1.165) is 28.0 Å². The van der Waals surface area contributed by atoms with Gasteiger partial charge in [-0.3, -0.25) is 0 Å². The molecule has 0 aliphatic carbocycles. The summed E-state index contributed by atoms with van der Waals surface area (Å²) >= 11 is 5.82. The molecule has 36 heavy (non-hydrogen) atoms. The summed E-state index contributed by atoms with van der Waals surface area (Å²) in [6.45, 7) is 4.68. The number of hydrogen-bond donors (Lipinski definition) is 2.